The van der Waals surface area contributed by atoms with E-state index in [9.17, 15) is 8.42 Å². The molecule has 0 aliphatic heterocycles. The van der Waals surface area contributed by atoms with Crippen LogP contribution in [0.4, 0.5) is 0 Å². The van der Waals surface area contributed by atoms with Crippen LogP contribution in [0.1, 0.15) is 12.5 Å². The Kier molecular flexibility index (Phi) is 5.20. The predicted molar refractivity (Wildman–Crippen MR) is 69.4 cm³/mol. The van der Waals surface area contributed by atoms with Gasteiger partial charge in [0.2, 0.25) is 0 Å². The molecule has 0 aliphatic carbocycles. The van der Waals surface area contributed by atoms with E-state index in [4.69, 9.17) is 21.6 Å². The zero-order valence-corrected chi connectivity index (χ0v) is 11.3. The van der Waals surface area contributed by atoms with Crippen molar-refractivity contribution in [3.8, 4) is 6.07 Å². The van der Waals surface area contributed by atoms with Gasteiger partial charge in [0, 0.05) is 5.02 Å². The average molecular weight is 286 g/mol. The maximum absolute atomic E-state index is 11.9. The summed E-state index contributed by atoms with van der Waals surface area (Å²) >= 11 is 5.71. The first-order valence-corrected chi connectivity index (χ1v) is 7.21. The van der Waals surface area contributed by atoms with Gasteiger partial charge in [0.15, 0.2) is 14.7 Å². The van der Waals surface area contributed by atoms with E-state index in [1.807, 2.05) is 0 Å². The third-order valence-corrected chi connectivity index (χ3v) is 3.90. The van der Waals surface area contributed by atoms with Crippen LogP contribution >= 0.6 is 11.6 Å². The van der Waals surface area contributed by atoms with Gasteiger partial charge in [0.1, 0.15) is 12.3 Å². The molecule has 4 nitrogen and oxygen atoms in total. The van der Waals surface area contributed by atoms with Gasteiger partial charge in [-0.25, -0.2) is 8.42 Å². The van der Waals surface area contributed by atoms with E-state index in [0.717, 1.165) is 6.26 Å². The highest BCUT2D eigenvalue weighted by molar-refractivity contribution is 7.94. The first kappa shape index (κ1) is 14.6. The van der Waals surface area contributed by atoms with Crippen molar-refractivity contribution in [3.05, 3.63) is 46.0 Å². The molecule has 1 aromatic carbocycles. The fraction of sp³-hybridized carbons (Fsp3) is 0.250. The monoisotopic (exact) mass is 285 g/mol. The van der Waals surface area contributed by atoms with Gasteiger partial charge in [-0.15, -0.1) is 0 Å². The molecule has 0 heterocycles. The third-order valence-electron chi connectivity index (χ3n) is 2.07. The van der Waals surface area contributed by atoms with E-state index in [1.165, 1.54) is 0 Å². The second-order valence-electron chi connectivity index (χ2n) is 3.43. The Labute approximate surface area is 111 Å². The van der Waals surface area contributed by atoms with Crippen LogP contribution in [-0.4, -0.2) is 15.0 Å². The Hall–Kier alpha value is -1.51. The van der Waals surface area contributed by atoms with E-state index < -0.39 is 9.84 Å². The molecule has 0 fully saturated rings. The number of sulfone groups is 1. The van der Waals surface area contributed by atoms with Gasteiger partial charge in [-0.3, -0.25) is 0 Å². The summed E-state index contributed by atoms with van der Waals surface area (Å²) in [5, 5.41) is 9.34. The Morgan fingerprint density at radius 1 is 1.44 bits per heavy atom. The summed E-state index contributed by atoms with van der Waals surface area (Å²) in [6.07, 6.45) is 0.977. The van der Waals surface area contributed by atoms with Crippen molar-refractivity contribution in [3.63, 3.8) is 0 Å². The van der Waals surface area contributed by atoms with Gasteiger partial charge in [0.05, 0.1) is 12.4 Å². The van der Waals surface area contributed by atoms with Crippen molar-refractivity contribution in [2.24, 2.45) is 0 Å². The van der Waals surface area contributed by atoms with Crippen LogP contribution in [0.15, 0.2) is 35.4 Å². The molecule has 0 radical (unpaired) electrons. The zero-order chi connectivity index (χ0) is 13.6. The molecule has 0 N–H and O–H groups in total. The minimum atomic E-state index is -3.68. The fourth-order valence-corrected chi connectivity index (χ4v) is 2.47. The molecular formula is C12H12ClNO3S. The SMILES string of the molecule is CCO/C=C(\C#N)S(=O)(=O)Cc1ccc(Cl)cc1. The molecule has 0 unspecified atom stereocenters. The molecule has 0 saturated carbocycles. The molecule has 6 heteroatoms. The predicted octanol–water partition coefficient (Wildman–Crippen LogP) is 2.66. The second kappa shape index (κ2) is 6.43. The van der Waals surface area contributed by atoms with E-state index in [1.54, 1.807) is 37.3 Å². The number of halogens is 1. The molecule has 0 aromatic heterocycles. The third kappa shape index (κ3) is 4.06. The highest BCUT2D eigenvalue weighted by Gasteiger charge is 2.19. The summed E-state index contributed by atoms with van der Waals surface area (Å²) in [7, 11) is -3.68. The van der Waals surface area contributed by atoms with Gasteiger partial charge < -0.3 is 4.74 Å². The Bertz CT molecular complexity index is 570. The molecule has 18 heavy (non-hydrogen) atoms. The lowest BCUT2D eigenvalue weighted by Gasteiger charge is -2.03. The second-order valence-corrected chi connectivity index (χ2v) is 5.83. The van der Waals surface area contributed by atoms with E-state index in [-0.39, 0.29) is 10.7 Å². The van der Waals surface area contributed by atoms with E-state index in [2.05, 4.69) is 0 Å². The van der Waals surface area contributed by atoms with Crippen LogP contribution in [0.5, 0.6) is 0 Å². The lowest BCUT2D eigenvalue weighted by Crippen LogP contribution is -2.07. The van der Waals surface area contributed by atoms with Crippen molar-refractivity contribution in [2.45, 2.75) is 12.7 Å². The Morgan fingerprint density at radius 2 is 2.06 bits per heavy atom. The van der Waals surface area contributed by atoms with Crippen molar-refractivity contribution >= 4 is 21.4 Å². The first-order chi connectivity index (χ1) is 8.49. The summed E-state index contributed by atoms with van der Waals surface area (Å²) in [6.45, 7) is 2.01. The first-order valence-electron chi connectivity index (χ1n) is 5.18. The molecule has 0 amide bonds. The van der Waals surface area contributed by atoms with E-state index in [0.29, 0.717) is 17.2 Å². The quantitative estimate of drug-likeness (QED) is 0.616. The fourth-order valence-electron chi connectivity index (χ4n) is 1.21. The number of nitrogens with zero attached hydrogens (tertiary/aromatic N) is 1. The van der Waals surface area contributed by atoms with Crippen molar-refractivity contribution in [1.29, 1.82) is 5.26 Å². The average Bonchev–Trinajstić information content (AvgIpc) is 2.32. The molecule has 0 spiro atoms. The number of allylic oxidation sites excluding steroid dienone is 1. The Morgan fingerprint density at radius 3 is 2.56 bits per heavy atom. The summed E-state index contributed by atoms with van der Waals surface area (Å²) in [4.78, 5) is -0.376. The maximum atomic E-state index is 11.9. The van der Waals surface area contributed by atoms with Crippen molar-refractivity contribution < 1.29 is 13.2 Å². The van der Waals surface area contributed by atoms with Crippen LogP contribution in [0, 0.1) is 11.3 Å². The number of rotatable bonds is 5. The van der Waals surface area contributed by atoms with Gasteiger partial charge in [0.25, 0.3) is 0 Å². The molecule has 1 rings (SSSR count). The standard InChI is InChI=1S/C12H12ClNO3S/c1-2-17-8-12(7-14)18(15,16)9-10-3-5-11(13)6-4-10/h3-6,8H,2,9H2,1H3/b12-8+. The topological polar surface area (TPSA) is 67.2 Å². The smallest absolute Gasteiger partial charge is 0.195 e. The van der Waals surface area contributed by atoms with Crippen LogP contribution in [0.2, 0.25) is 5.02 Å². The number of nitriles is 1. The lowest BCUT2D eigenvalue weighted by atomic mass is 10.2. The van der Waals surface area contributed by atoms with Gasteiger partial charge in [-0.05, 0) is 24.6 Å². The molecule has 0 aliphatic rings. The molecule has 96 valence electrons. The summed E-state index contributed by atoms with van der Waals surface area (Å²) in [5.74, 6) is -0.253. The summed E-state index contributed by atoms with van der Waals surface area (Å²) < 4.78 is 28.7. The Balaban J connectivity index is 2.94. The van der Waals surface area contributed by atoms with Crippen LogP contribution in [-0.2, 0) is 20.3 Å². The van der Waals surface area contributed by atoms with Crippen molar-refractivity contribution in [2.75, 3.05) is 6.61 Å². The summed E-state index contributed by atoms with van der Waals surface area (Å²) in [6, 6.07) is 8.05. The molecule has 0 atom stereocenters. The van der Waals surface area contributed by atoms with Gasteiger partial charge >= 0.3 is 0 Å². The number of hydrogen-bond donors (Lipinski definition) is 0. The number of hydrogen-bond acceptors (Lipinski definition) is 4. The minimum Gasteiger partial charge on any atom is -0.499 e. The highest BCUT2D eigenvalue weighted by atomic mass is 35.5. The number of benzene rings is 1. The molecule has 1 aromatic rings. The maximum Gasteiger partial charge on any atom is 0.195 e. The highest BCUT2D eigenvalue weighted by Crippen LogP contribution is 2.16. The molecular weight excluding hydrogens is 274 g/mol. The normalized spacial score (nSPS) is 11.9. The van der Waals surface area contributed by atoms with E-state index >= 15 is 0 Å². The summed E-state index contributed by atoms with van der Waals surface area (Å²) in [5.41, 5.74) is 0.567. The van der Waals surface area contributed by atoms with Crippen molar-refractivity contribution in [1.82, 2.24) is 0 Å². The minimum absolute atomic E-state index is 0.253. The van der Waals surface area contributed by atoms with Crippen LogP contribution in [0.25, 0.3) is 0 Å². The van der Waals surface area contributed by atoms with Crippen LogP contribution < -0.4 is 0 Å². The zero-order valence-electron chi connectivity index (χ0n) is 9.76. The molecule has 0 bridgehead atoms. The largest absolute Gasteiger partial charge is 0.499 e. The molecule has 0 saturated heterocycles. The van der Waals surface area contributed by atoms with Gasteiger partial charge in [-0.2, -0.15) is 5.26 Å². The number of ether oxygens (including phenoxy) is 1. The van der Waals surface area contributed by atoms with Gasteiger partial charge in [-0.1, -0.05) is 23.7 Å². The van der Waals surface area contributed by atoms with Crippen LogP contribution in [0.3, 0.4) is 0 Å². The lowest BCUT2D eigenvalue weighted by molar-refractivity contribution is 0.268.